The summed E-state index contributed by atoms with van der Waals surface area (Å²) in [5, 5.41) is 6.88. The van der Waals surface area contributed by atoms with Gasteiger partial charge in [0.1, 0.15) is 6.04 Å². The van der Waals surface area contributed by atoms with E-state index >= 15 is 0 Å². The van der Waals surface area contributed by atoms with E-state index in [0.29, 0.717) is 28.4 Å². The highest BCUT2D eigenvalue weighted by Crippen LogP contribution is 2.44. The summed E-state index contributed by atoms with van der Waals surface area (Å²) in [6, 6.07) is 19.5. The van der Waals surface area contributed by atoms with E-state index in [1.165, 1.54) is 6.92 Å². The van der Waals surface area contributed by atoms with E-state index < -0.39 is 18.1 Å². The molecule has 246 valence electrons. The lowest BCUT2D eigenvalue weighted by Crippen LogP contribution is -2.59. The Hall–Kier alpha value is -4.31. The number of nitrogens with one attached hydrogen (secondary N) is 2. The molecule has 1 unspecified atom stereocenters. The average Bonchev–Trinajstić information content (AvgIpc) is 3.91. The standard InChI is InChI=1S/C36H37N5O4.2ClH/c1-21(37-4)34(43)39-33-22(2)41(35(44)26-17-13-24(14-18-26)23(3)42)32-12-8-7-11-31(32)40(36(33)45)20-29-27-9-5-6-10-30(27)38-19-28(29)25-15-16-25;;/h5-14,17-19,21-22,25,33,37H,15-16,20H2,1-4H3,(H,39,43);2*1H/t21?,22-,33-;;/m0../s1. The van der Waals surface area contributed by atoms with Crippen LogP contribution in [0.2, 0.25) is 0 Å². The third-order valence-corrected chi connectivity index (χ3v) is 8.99. The van der Waals surface area contributed by atoms with Gasteiger partial charge in [-0.25, -0.2) is 0 Å². The van der Waals surface area contributed by atoms with Gasteiger partial charge in [0.05, 0.1) is 35.5 Å². The zero-order chi connectivity index (χ0) is 31.8. The number of benzene rings is 3. The highest BCUT2D eigenvalue weighted by molar-refractivity contribution is 6.13. The SMILES string of the molecule is CNC(C)C(=O)N[C@@H]1C(=O)N(Cc2c(C3CC3)cnc3ccccc23)c2ccccc2N(C(=O)c2ccc(C(C)=O)cc2)[C@H]1C.Cl.Cl. The van der Waals surface area contributed by atoms with Gasteiger partial charge in [0, 0.05) is 22.7 Å². The fourth-order valence-corrected chi connectivity index (χ4v) is 6.09. The second kappa shape index (κ2) is 14.6. The number of ketones is 1. The number of amides is 3. The molecular formula is C36H39Cl2N5O4. The molecule has 2 aliphatic rings. The van der Waals surface area contributed by atoms with Gasteiger partial charge in [-0.05, 0) is 88.0 Å². The Balaban J connectivity index is 0.00000250. The summed E-state index contributed by atoms with van der Waals surface area (Å²) in [6.07, 6.45) is 4.07. The van der Waals surface area contributed by atoms with Crippen LogP contribution in [0.4, 0.5) is 11.4 Å². The van der Waals surface area contributed by atoms with Gasteiger partial charge in [-0.2, -0.15) is 0 Å². The summed E-state index contributed by atoms with van der Waals surface area (Å²) in [7, 11) is 1.68. The summed E-state index contributed by atoms with van der Waals surface area (Å²) in [5.74, 6) is -0.708. The molecule has 1 aromatic heterocycles. The molecule has 47 heavy (non-hydrogen) atoms. The normalized spacial score (nSPS) is 17.9. The largest absolute Gasteiger partial charge is 0.341 e. The van der Waals surface area contributed by atoms with Crippen LogP contribution in [-0.2, 0) is 16.1 Å². The minimum atomic E-state index is -1.04. The van der Waals surface area contributed by atoms with Gasteiger partial charge in [-0.1, -0.05) is 42.5 Å². The average molecular weight is 677 g/mol. The minimum absolute atomic E-state index is 0. The number of rotatable bonds is 8. The molecule has 2 heterocycles. The lowest BCUT2D eigenvalue weighted by atomic mass is 9.99. The molecule has 1 saturated carbocycles. The zero-order valence-electron chi connectivity index (χ0n) is 26.7. The number of aromatic nitrogens is 1. The van der Waals surface area contributed by atoms with Gasteiger partial charge >= 0.3 is 0 Å². The topological polar surface area (TPSA) is 112 Å². The molecule has 1 aliphatic carbocycles. The number of anilines is 2. The Morgan fingerprint density at radius 2 is 1.53 bits per heavy atom. The van der Waals surface area contributed by atoms with Gasteiger partial charge in [-0.3, -0.25) is 24.2 Å². The second-order valence-corrected chi connectivity index (χ2v) is 11.9. The number of hydrogen-bond donors (Lipinski definition) is 2. The lowest BCUT2D eigenvalue weighted by Gasteiger charge is -2.32. The van der Waals surface area contributed by atoms with Gasteiger partial charge in [0.25, 0.3) is 11.8 Å². The molecule has 0 spiro atoms. The van der Waals surface area contributed by atoms with Crippen molar-refractivity contribution in [3.05, 3.63) is 101 Å². The Morgan fingerprint density at radius 1 is 0.915 bits per heavy atom. The third kappa shape index (κ3) is 6.88. The quantitative estimate of drug-likeness (QED) is 0.227. The minimum Gasteiger partial charge on any atom is -0.341 e. The second-order valence-electron chi connectivity index (χ2n) is 11.9. The summed E-state index contributed by atoms with van der Waals surface area (Å²) >= 11 is 0. The number of halogens is 2. The summed E-state index contributed by atoms with van der Waals surface area (Å²) in [6.45, 7) is 5.23. The van der Waals surface area contributed by atoms with Crippen molar-refractivity contribution in [3.8, 4) is 0 Å². The molecule has 0 bridgehead atoms. The molecule has 3 amide bonds. The van der Waals surface area contributed by atoms with Gasteiger partial charge in [-0.15, -0.1) is 24.8 Å². The highest BCUT2D eigenvalue weighted by atomic mass is 35.5. The molecular weight excluding hydrogens is 637 g/mol. The molecule has 3 atom stereocenters. The number of pyridine rings is 1. The first-order valence-electron chi connectivity index (χ1n) is 15.4. The summed E-state index contributed by atoms with van der Waals surface area (Å²) < 4.78 is 0. The molecule has 2 N–H and O–H groups in total. The van der Waals surface area contributed by atoms with Crippen LogP contribution in [0.25, 0.3) is 10.9 Å². The monoisotopic (exact) mass is 675 g/mol. The molecule has 0 saturated heterocycles. The fourth-order valence-electron chi connectivity index (χ4n) is 6.09. The maximum absolute atomic E-state index is 14.7. The van der Waals surface area contributed by atoms with Crippen molar-refractivity contribution >= 4 is 70.6 Å². The maximum atomic E-state index is 14.7. The van der Waals surface area contributed by atoms with Gasteiger partial charge in [0.2, 0.25) is 5.91 Å². The van der Waals surface area contributed by atoms with Crippen LogP contribution in [0, 0.1) is 0 Å². The Labute approximate surface area is 286 Å². The molecule has 0 radical (unpaired) electrons. The van der Waals surface area contributed by atoms with E-state index in [1.807, 2.05) is 54.7 Å². The summed E-state index contributed by atoms with van der Waals surface area (Å²) in [4.78, 5) is 62.2. The fraction of sp³-hybridized carbons (Fsp3) is 0.306. The number of hydrogen-bond acceptors (Lipinski definition) is 6. The predicted molar refractivity (Wildman–Crippen MR) is 189 cm³/mol. The molecule has 1 fully saturated rings. The predicted octanol–water partition coefficient (Wildman–Crippen LogP) is 5.83. The van der Waals surface area contributed by atoms with Crippen LogP contribution < -0.4 is 20.4 Å². The lowest BCUT2D eigenvalue weighted by molar-refractivity contribution is -0.128. The van der Waals surface area contributed by atoms with Crippen molar-refractivity contribution in [2.24, 2.45) is 0 Å². The third-order valence-electron chi connectivity index (χ3n) is 8.99. The van der Waals surface area contributed by atoms with Crippen LogP contribution >= 0.6 is 24.8 Å². The molecule has 4 aromatic rings. The van der Waals surface area contributed by atoms with Crippen LogP contribution in [0.1, 0.15) is 71.4 Å². The summed E-state index contributed by atoms with van der Waals surface area (Å²) in [5.41, 5.74) is 4.99. The van der Waals surface area contributed by atoms with Crippen molar-refractivity contribution in [2.45, 2.75) is 64.2 Å². The van der Waals surface area contributed by atoms with Crippen molar-refractivity contribution in [1.82, 2.24) is 15.6 Å². The molecule has 9 nitrogen and oxygen atoms in total. The molecule has 11 heteroatoms. The van der Waals surface area contributed by atoms with E-state index in [-0.39, 0.29) is 54.9 Å². The van der Waals surface area contributed by atoms with Crippen LogP contribution in [0.3, 0.4) is 0 Å². The Morgan fingerprint density at radius 3 is 2.17 bits per heavy atom. The van der Waals surface area contributed by atoms with Gasteiger partial charge < -0.3 is 20.4 Å². The van der Waals surface area contributed by atoms with Crippen molar-refractivity contribution < 1.29 is 19.2 Å². The number of Topliss-reactive ketones (excluding diaryl/α,β-unsaturated/α-hetero) is 1. The maximum Gasteiger partial charge on any atom is 0.258 e. The van der Waals surface area contributed by atoms with Crippen molar-refractivity contribution in [2.75, 3.05) is 16.8 Å². The van der Waals surface area contributed by atoms with E-state index in [4.69, 9.17) is 4.98 Å². The van der Waals surface area contributed by atoms with Crippen molar-refractivity contribution in [3.63, 3.8) is 0 Å². The molecule has 1 aliphatic heterocycles. The number of fused-ring (bicyclic) bond motifs is 2. The zero-order valence-corrected chi connectivity index (χ0v) is 28.4. The first kappa shape index (κ1) is 35.5. The number of likely N-dealkylation sites (N-methyl/N-ethyl adjacent to an activating group) is 1. The van der Waals surface area contributed by atoms with Crippen LogP contribution in [0.5, 0.6) is 0 Å². The van der Waals surface area contributed by atoms with E-state index in [2.05, 4.69) is 10.6 Å². The highest BCUT2D eigenvalue weighted by Gasteiger charge is 2.43. The van der Waals surface area contributed by atoms with Crippen LogP contribution in [-0.4, -0.2) is 53.7 Å². The Bertz CT molecular complexity index is 1810. The van der Waals surface area contributed by atoms with Gasteiger partial charge in [0.15, 0.2) is 5.78 Å². The number of para-hydroxylation sites is 3. The first-order chi connectivity index (χ1) is 21.7. The number of carbonyl (C=O) groups is 4. The molecule has 3 aromatic carbocycles. The smallest absolute Gasteiger partial charge is 0.258 e. The first-order valence-corrected chi connectivity index (χ1v) is 15.4. The van der Waals surface area contributed by atoms with Crippen molar-refractivity contribution in [1.29, 1.82) is 0 Å². The number of carbonyl (C=O) groups excluding carboxylic acids is 4. The van der Waals surface area contributed by atoms with E-state index in [1.54, 1.807) is 55.0 Å². The molecule has 6 rings (SSSR count). The van der Waals surface area contributed by atoms with E-state index in [0.717, 1.165) is 34.9 Å². The Kier molecular flexibility index (Phi) is 11.1. The number of nitrogens with zero attached hydrogens (tertiary/aromatic N) is 3. The van der Waals surface area contributed by atoms with E-state index in [9.17, 15) is 19.2 Å². The van der Waals surface area contributed by atoms with Crippen LogP contribution in [0.15, 0.2) is 79.0 Å².